The third-order valence-corrected chi connectivity index (χ3v) is 8.50. The molecule has 2 aliphatic rings. The van der Waals surface area contributed by atoms with Gasteiger partial charge in [-0.05, 0) is 61.3 Å². The first kappa shape index (κ1) is 30.4. The lowest BCUT2D eigenvalue weighted by molar-refractivity contribution is -0.198. The van der Waals surface area contributed by atoms with Crippen LogP contribution in [0.4, 0.5) is 24.9 Å². The summed E-state index contributed by atoms with van der Waals surface area (Å²) in [6.45, 7) is 5.57. The quantitative estimate of drug-likeness (QED) is 0.288. The first-order valence-electron chi connectivity index (χ1n) is 14.5. The molecule has 2 aromatic carbocycles. The van der Waals surface area contributed by atoms with Crippen LogP contribution >= 0.6 is 0 Å². The van der Waals surface area contributed by atoms with Gasteiger partial charge in [0.2, 0.25) is 17.9 Å². The van der Waals surface area contributed by atoms with Crippen LogP contribution in [0.15, 0.2) is 54.6 Å². The summed E-state index contributed by atoms with van der Waals surface area (Å²) in [5.41, 5.74) is 7.27. The summed E-state index contributed by atoms with van der Waals surface area (Å²) in [5.74, 6) is -0.236. The second kappa shape index (κ2) is 12.3. The highest BCUT2D eigenvalue weighted by Crippen LogP contribution is 2.46. The van der Waals surface area contributed by atoms with Crippen molar-refractivity contribution in [3.8, 4) is 22.8 Å². The van der Waals surface area contributed by atoms with Gasteiger partial charge >= 0.3 is 12.1 Å². The standard InChI is InChI=1S/C31H36F3N5O4/c1-3-24-30(18-23(36-24)28(40)41)13-15-39(16-14-30)25-17-26(38-29(35)37-25)43-27(31(32,33)34)21-7-5-19(6-8-21)20-9-11-22(12-10-20)42-4-2/h5-12,17,23-24,27,36H,3-4,13-16,18H2,1-2H3,(H,40,41)(H2,35,37,38)/t23?,24?,27-/m1/s1. The molecule has 2 fully saturated rings. The Labute approximate surface area is 248 Å². The van der Waals surface area contributed by atoms with E-state index in [1.807, 2.05) is 43.0 Å². The van der Waals surface area contributed by atoms with Gasteiger partial charge in [-0.25, -0.2) is 0 Å². The van der Waals surface area contributed by atoms with Crippen molar-refractivity contribution in [2.75, 3.05) is 30.3 Å². The van der Waals surface area contributed by atoms with Crippen LogP contribution in [0.2, 0.25) is 0 Å². The van der Waals surface area contributed by atoms with Crippen molar-refractivity contribution >= 4 is 17.7 Å². The van der Waals surface area contributed by atoms with Crippen molar-refractivity contribution < 1.29 is 32.5 Å². The number of nitrogens with zero attached hydrogens (tertiary/aromatic N) is 3. The summed E-state index contributed by atoms with van der Waals surface area (Å²) in [5, 5.41) is 12.8. The van der Waals surface area contributed by atoms with Gasteiger partial charge in [-0.2, -0.15) is 23.1 Å². The van der Waals surface area contributed by atoms with Gasteiger partial charge in [-0.1, -0.05) is 43.3 Å². The summed E-state index contributed by atoms with van der Waals surface area (Å²) in [6.07, 6.45) is -4.20. The fourth-order valence-corrected chi connectivity index (χ4v) is 6.33. The van der Waals surface area contributed by atoms with E-state index in [1.165, 1.54) is 18.2 Å². The minimum atomic E-state index is -4.72. The molecule has 2 aliphatic heterocycles. The zero-order valence-electron chi connectivity index (χ0n) is 24.1. The molecular weight excluding hydrogens is 563 g/mol. The minimum absolute atomic E-state index is 0.0758. The fraction of sp³-hybridized carbons (Fsp3) is 0.452. The number of piperidine rings is 1. The Hall–Kier alpha value is -4.06. The van der Waals surface area contributed by atoms with Gasteiger partial charge in [0.25, 0.3) is 0 Å². The van der Waals surface area contributed by atoms with Gasteiger partial charge in [0.15, 0.2) is 0 Å². The molecule has 12 heteroatoms. The van der Waals surface area contributed by atoms with E-state index in [1.54, 1.807) is 12.1 Å². The number of aromatic nitrogens is 2. The number of nitrogens with one attached hydrogen (secondary N) is 1. The number of anilines is 2. The molecule has 9 nitrogen and oxygen atoms in total. The van der Waals surface area contributed by atoms with Crippen LogP contribution in [0.3, 0.4) is 0 Å². The molecule has 3 heterocycles. The average molecular weight is 600 g/mol. The van der Waals surface area contributed by atoms with Crippen LogP contribution in [0.25, 0.3) is 11.1 Å². The summed E-state index contributed by atoms with van der Waals surface area (Å²) in [4.78, 5) is 21.8. The summed E-state index contributed by atoms with van der Waals surface area (Å²) >= 11 is 0. The van der Waals surface area contributed by atoms with E-state index in [-0.39, 0.29) is 28.8 Å². The van der Waals surface area contributed by atoms with E-state index in [2.05, 4.69) is 15.3 Å². The molecule has 230 valence electrons. The Bertz CT molecular complexity index is 1410. The lowest BCUT2D eigenvalue weighted by atomic mass is 9.71. The van der Waals surface area contributed by atoms with Gasteiger partial charge in [-0.15, -0.1) is 0 Å². The Kier molecular flexibility index (Phi) is 8.68. The van der Waals surface area contributed by atoms with E-state index < -0.39 is 24.3 Å². The smallest absolute Gasteiger partial charge is 0.429 e. The maximum atomic E-state index is 14.2. The molecule has 5 rings (SSSR count). The number of carbonyl (C=O) groups is 1. The predicted molar refractivity (Wildman–Crippen MR) is 156 cm³/mol. The number of hydrogen-bond acceptors (Lipinski definition) is 8. The number of aliphatic carboxylic acids is 1. The van der Waals surface area contributed by atoms with Gasteiger partial charge in [0.05, 0.1) is 6.61 Å². The van der Waals surface area contributed by atoms with Crippen LogP contribution < -0.4 is 25.4 Å². The maximum Gasteiger partial charge on any atom is 0.429 e. The molecule has 2 unspecified atom stereocenters. The number of nitrogen functional groups attached to an aromatic ring is 1. The average Bonchev–Trinajstić information content (AvgIpc) is 3.34. The second-order valence-corrected chi connectivity index (χ2v) is 11.1. The molecule has 0 aliphatic carbocycles. The number of alkyl halides is 3. The molecule has 1 aromatic heterocycles. The van der Waals surface area contributed by atoms with E-state index in [0.29, 0.717) is 50.5 Å². The van der Waals surface area contributed by atoms with Crippen molar-refractivity contribution in [3.05, 3.63) is 60.2 Å². The molecular formula is C31H36F3N5O4. The highest BCUT2D eigenvalue weighted by Gasteiger charge is 2.50. The predicted octanol–water partition coefficient (Wildman–Crippen LogP) is 5.62. The minimum Gasteiger partial charge on any atom is -0.494 e. The summed E-state index contributed by atoms with van der Waals surface area (Å²) in [6, 6.07) is 14.2. The number of rotatable bonds is 9. The lowest BCUT2D eigenvalue weighted by Gasteiger charge is -2.43. The summed E-state index contributed by atoms with van der Waals surface area (Å²) < 4.78 is 53.6. The van der Waals surface area contributed by atoms with Crippen LogP contribution in [0.5, 0.6) is 11.6 Å². The number of ether oxygens (including phenoxy) is 2. The highest BCUT2D eigenvalue weighted by atomic mass is 19.4. The van der Waals surface area contributed by atoms with Crippen molar-refractivity contribution in [3.63, 3.8) is 0 Å². The van der Waals surface area contributed by atoms with Gasteiger partial charge in [0, 0.05) is 30.8 Å². The molecule has 0 radical (unpaired) electrons. The molecule has 4 N–H and O–H groups in total. The third kappa shape index (κ3) is 6.64. The Morgan fingerprint density at radius 3 is 2.28 bits per heavy atom. The molecule has 2 saturated heterocycles. The highest BCUT2D eigenvalue weighted by molar-refractivity contribution is 5.74. The first-order valence-corrected chi connectivity index (χ1v) is 14.5. The number of carboxylic acid groups (broad SMARTS) is 1. The van der Waals surface area contributed by atoms with Crippen molar-refractivity contribution in [2.24, 2.45) is 5.41 Å². The molecule has 3 aromatic rings. The normalized spacial score (nSPS) is 20.6. The van der Waals surface area contributed by atoms with Crippen molar-refractivity contribution in [2.45, 2.75) is 63.9 Å². The van der Waals surface area contributed by atoms with Crippen LogP contribution in [-0.4, -0.2) is 59.0 Å². The van der Waals surface area contributed by atoms with Crippen LogP contribution in [0, 0.1) is 5.41 Å². The number of hydrogen-bond donors (Lipinski definition) is 3. The number of halogens is 3. The van der Waals surface area contributed by atoms with Gasteiger partial charge in [-0.3, -0.25) is 4.79 Å². The van der Waals surface area contributed by atoms with Crippen molar-refractivity contribution in [1.29, 1.82) is 0 Å². The SMILES string of the molecule is CCOc1ccc(-c2ccc([C@@H](Oc3cc(N4CCC5(CC4)CC(C(=O)O)NC5CC)nc(N)n3)C(F)(F)F)cc2)cc1. The zero-order valence-corrected chi connectivity index (χ0v) is 24.1. The number of nitrogens with two attached hydrogens (primary N) is 1. The van der Waals surface area contributed by atoms with Crippen LogP contribution in [0.1, 0.15) is 51.2 Å². The molecule has 0 amide bonds. The molecule has 0 saturated carbocycles. The Morgan fingerprint density at radius 1 is 1.09 bits per heavy atom. The molecule has 1 spiro atoms. The molecule has 0 bridgehead atoms. The number of carboxylic acids is 1. The largest absolute Gasteiger partial charge is 0.494 e. The molecule has 3 atom stereocenters. The van der Waals surface area contributed by atoms with E-state index >= 15 is 0 Å². The van der Waals surface area contributed by atoms with Crippen LogP contribution in [-0.2, 0) is 4.79 Å². The summed E-state index contributed by atoms with van der Waals surface area (Å²) in [7, 11) is 0. The maximum absolute atomic E-state index is 14.2. The van der Waals surface area contributed by atoms with E-state index in [4.69, 9.17) is 15.2 Å². The second-order valence-electron chi connectivity index (χ2n) is 11.1. The van der Waals surface area contributed by atoms with E-state index in [9.17, 15) is 23.1 Å². The van der Waals surface area contributed by atoms with E-state index in [0.717, 1.165) is 17.5 Å². The van der Waals surface area contributed by atoms with Gasteiger partial charge < -0.3 is 30.5 Å². The fourth-order valence-electron chi connectivity index (χ4n) is 6.33. The molecule has 43 heavy (non-hydrogen) atoms. The van der Waals surface area contributed by atoms with Gasteiger partial charge in [0.1, 0.15) is 17.6 Å². The van der Waals surface area contributed by atoms with Crippen molar-refractivity contribution in [1.82, 2.24) is 15.3 Å². The lowest BCUT2D eigenvalue weighted by Crippen LogP contribution is -2.46. The first-order chi connectivity index (χ1) is 20.5. The monoisotopic (exact) mass is 599 g/mol. The Balaban J connectivity index is 1.31. The topological polar surface area (TPSA) is 123 Å². The third-order valence-electron chi connectivity index (χ3n) is 8.50. The number of benzene rings is 2. The Morgan fingerprint density at radius 2 is 1.72 bits per heavy atom. The zero-order chi connectivity index (χ0) is 30.8.